The van der Waals surface area contributed by atoms with Crippen LogP contribution in [0.25, 0.3) is 0 Å². The van der Waals surface area contributed by atoms with Crippen molar-refractivity contribution in [2.75, 3.05) is 24.6 Å². The Bertz CT molecular complexity index is 679. The van der Waals surface area contributed by atoms with Crippen LogP contribution in [0.4, 0.5) is 13.2 Å². The van der Waals surface area contributed by atoms with Gasteiger partial charge in [-0.15, -0.1) is 0 Å². The van der Waals surface area contributed by atoms with Crippen molar-refractivity contribution in [1.29, 1.82) is 0 Å². The van der Waals surface area contributed by atoms with Crippen molar-refractivity contribution in [2.24, 2.45) is 0 Å². The van der Waals surface area contributed by atoms with Gasteiger partial charge in [-0.2, -0.15) is 0 Å². The van der Waals surface area contributed by atoms with Gasteiger partial charge in [-0.3, -0.25) is 0 Å². The fourth-order valence-corrected chi connectivity index (χ4v) is 15.5. The standard InChI is InChI=1S/C33H68F3O3PS/c1-5-9-13-17-18-19-20-21-22-23-24-28-32-40(29-25-14-10-6-2,30-26-15-11-7-3,31-27-16-12-8-4)39-41(37,38)33(34,35)36/h5-32H2,1-4H3. The molecule has 0 atom stereocenters. The molecule has 8 heteroatoms. The van der Waals surface area contributed by atoms with Gasteiger partial charge < -0.3 is 0 Å². The van der Waals surface area contributed by atoms with E-state index in [1.165, 1.54) is 51.4 Å². The molecule has 0 N–H and O–H groups in total. The maximum atomic E-state index is 13.8. The van der Waals surface area contributed by atoms with Gasteiger partial charge in [0.2, 0.25) is 0 Å². The molecule has 0 bridgehead atoms. The van der Waals surface area contributed by atoms with Crippen molar-refractivity contribution in [1.82, 2.24) is 0 Å². The second-order valence-electron chi connectivity index (χ2n) is 12.8. The van der Waals surface area contributed by atoms with E-state index in [0.717, 1.165) is 103 Å². The minimum atomic E-state index is -5.65. The number of alkyl halides is 3. The summed E-state index contributed by atoms with van der Waals surface area (Å²) in [7, 11) is -5.65. The molecular formula is C33H68F3O3PS. The Morgan fingerprint density at radius 3 is 0.902 bits per heavy atom. The zero-order chi connectivity index (χ0) is 31.0. The average molecular weight is 633 g/mol. The zero-order valence-corrected chi connectivity index (χ0v) is 29.2. The molecule has 0 aromatic rings. The number of rotatable bonds is 30. The van der Waals surface area contributed by atoms with Gasteiger partial charge in [0.05, 0.1) is 0 Å². The molecule has 41 heavy (non-hydrogen) atoms. The first-order valence-electron chi connectivity index (χ1n) is 17.5. The molecule has 3 nitrogen and oxygen atoms in total. The second kappa shape index (κ2) is 23.5. The van der Waals surface area contributed by atoms with Gasteiger partial charge in [-0.05, 0) is 0 Å². The van der Waals surface area contributed by atoms with Crippen molar-refractivity contribution in [3.8, 4) is 0 Å². The van der Waals surface area contributed by atoms with Gasteiger partial charge >= 0.3 is 241 Å². The van der Waals surface area contributed by atoms with Crippen LogP contribution in [0, 0.1) is 0 Å². The van der Waals surface area contributed by atoms with Gasteiger partial charge in [-0.25, -0.2) is 0 Å². The summed E-state index contributed by atoms with van der Waals surface area (Å²) in [6.45, 7) is 4.93. The van der Waals surface area contributed by atoms with Crippen LogP contribution in [-0.4, -0.2) is 38.6 Å². The fourth-order valence-electron chi connectivity index (χ4n) is 6.31. The van der Waals surface area contributed by atoms with E-state index >= 15 is 0 Å². The molecular weight excluding hydrogens is 564 g/mol. The zero-order valence-electron chi connectivity index (χ0n) is 27.5. The maximum absolute atomic E-state index is 13.8. The van der Waals surface area contributed by atoms with E-state index in [1.54, 1.807) is 0 Å². The summed E-state index contributed by atoms with van der Waals surface area (Å²) in [5, 5.41) is 0. The number of hydrogen-bond acceptors (Lipinski definition) is 3. The van der Waals surface area contributed by atoms with E-state index in [0.29, 0.717) is 24.6 Å². The van der Waals surface area contributed by atoms with E-state index in [9.17, 15) is 21.6 Å². The Morgan fingerprint density at radius 1 is 0.439 bits per heavy atom. The van der Waals surface area contributed by atoms with Crippen LogP contribution >= 0.6 is 6.83 Å². The topological polar surface area (TPSA) is 43.4 Å². The number of unbranched alkanes of at least 4 members (excludes halogenated alkanes) is 20. The summed E-state index contributed by atoms with van der Waals surface area (Å²) in [6, 6.07) is 0. The summed E-state index contributed by atoms with van der Waals surface area (Å²) in [6.07, 6.45) is 27.6. The Kier molecular flexibility index (Phi) is 23.6. The van der Waals surface area contributed by atoms with Gasteiger partial charge in [0, 0.05) is 0 Å². The SMILES string of the molecule is CCCCCCCCCCCCCCP(CCCCCC)(CCCCCC)(CCCCCC)OS(=O)(=O)C(F)(F)F. The Hall–Kier alpha value is 0.130. The molecule has 0 aliphatic rings. The Labute approximate surface area is 254 Å². The predicted octanol–water partition coefficient (Wildman–Crippen LogP) is 12.8. The molecule has 0 rings (SSSR count). The van der Waals surface area contributed by atoms with Crippen molar-refractivity contribution in [2.45, 2.75) is 187 Å². The summed E-state index contributed by atoms with van der Waals surface area (Å²) in [4.78, 5) is 0. The third-order valence-electron chi connectivity index (χ3n) is 8.90. The predicted molar refractivity (Wildman–Crippen MR) is 176 cm³/mol. The van der Waals surface area contributed by atoms with E-state index in [2.05, 4.69) is 27.7 Å². The van der Waals surface area contributed by atoms with Crippen molar-refractivity contribution >= 4 is 16.9 Å². The molecule has 0 amide bonds. The number of hydrogen-bond donors (Lipinski definition) is 0. The molecule has 250 valence electrons. The van der Waals surface area contributed by atoms with Gasteiger partial charge in [0.25, 0.3) is 0 Å². The molecule has 0 saturated heterocycles. The normalized spacial score (nSPS) is 13.9. The molecule has 0 aliphatic heterocycles. The summed E-state index contributed by atoms with van der Waals surface area (Å²) in [5.74, 6) is 0. The van der Waals surface area contributed by atoms with Crippen LogP contribution in [-0.2, 0) is 14.1 Å². The first-order valence-corrected chi connectivity index (χ1v) is 21.9. The summed E-state index contributed by atoms with van der Waals surface area (Å²) in [5.41, 5.74) is -5.37. The van der Waals surface area contributed by atoms with Gasteiger partial charge in [-0.1, -0.05) is 13.3 Å². The van der Waals surface area contributed by atoms with Gasteiger partial charge in [0.1, 0.15) is 0 Å². The molecule has 0 heterocycles. The molecule has 0 fully saturated rings. The quantitative estimate of drug-likeness (QED) is 0.0449. The van der Waals surface area contributed by atoms with E-state index in [-0.39, 0.29) is 0 Å². The summed E-state index contributed by atoms with van der Waals surface area (Å²) >= 11 is 0. The molecule has 0 aromatic carbocycles. The van der Waals surface area contributed by atoms with E-state index in [4.69, 9.17) is 3.97 Å². The minimum absolute atomic E-state index is 0.525. The Balaban J connectivity index is 5.68. The van der Waals surface area contributed by atoms with Crippen molar-refractivity contribution in [3.05, 3.63) is 0 Å². The summed E-state index contributed by atoms with van der Waals surface area (Å²) < 4.78 is 72.8. The molecule has 0 spiro atoms. The number of halogens is 3. The van der Waals surface area contributed by atoms with Crippen LogP contribution in [0.5, 0.6) is 0 Å². The fraction of sp³-hybridized carbons (Fsp3) is 1.00. The third-order valence-corrected chi connectivity index (χ3v) is 17.7. The first kappa shape index (κ1) is 41.1. The monoisotopic (exact) mass is 632 g/mol. The molecule has 0 aliphatic carbocycles. The van der Waals surface area contributed by atoms with Crippen LogP contribution in [0.15, 0.2) is 0 Å². The van der Waals surface area contributed by atoms with E-state index < -0.39 is 22.5 Å². The second-order valence-corrected chi connectivity index (χ2v) is 20.3. The van der Waals surface area contributed by atoms with E-state index in [1.807, 2.05) is 0 Å². The average Bonchev–Trinajstić information content (AvgIpc) is 2.92. The first-order chi connectivity index (χ1) is 19.5. The van der Waals surface area contributed by atoms with Crippen LogP contribution < -0.4 is 0 Å². The van der Waals surface area contributed by atoms with Crippen molar-refractivity contribution < 1.29 is 25.6 Å². The molecule has 0 aromatic heterocycles. The molecule has 0 saturated carbocycles. The van der Waals surface area contributed by atoms with Crippen molar-refractivity contribution in [3.63, 3.8) is 0 Å². The van der Waals surface area contributed by atoms with Crippen LogP contribution in [0.2, 0.25) is 0 Å². The van der Waals surface area contributed by atoms with Gasteiger partial charge in [0.15, 0.2) is 0 Å². The van der Waals surface area contributed by atoms with Crippen LogP contribution in [0.1, 0.15) is 182 Å². The molecule has 0 unspecified atom stereocenters. The van der Waals surface area contributed by atoms with Crippen LogP contribution in [0.3, 0.4) is 0 Å². The Morgan fingerprint density at radius 2 is 0.659 bits per heavy atom. The molecule has 0 radical (unpaired) electrons. The third kappa shape index (κ3) is 18.5.